The molecular formula is C16H21N3O3. The van der Waals surface area contributed by atoms with E-state index in [1.807, 2.05) is 42.7 Å². The average molecular weight is 303 g/mol. The number of hydrogen-bond acceptors (Lipinski definition) is 3. The van der Waals surface area contributed by atoms with Crippen molar-refractivity contribution in [1.29, 1.82) is 0 Å². The molecule has 6 heteroatoms. The van der Waals surface area contributed by atoms with Gasteiger partial charge in [-0.3, -0.25) is 4.79 Å². The van der Waals surface area contributed by atoms with Gasteiger partial charge in [-0.2, -0.15) is 0 Å². The van der Waals surface area contributed by atoms with Crippen LogP contribution in [0.4, 0.5) is 0 Å². The molecule has 2 rings (SSSR count). The summed E-state index contributed by atoms with van der Waals surface area (Å²) in [4.78, 5) is 27.5. The molecule has 0 bridgehead atoms. The van der Waals surface area contributed by atoms with Gasteiger partial charge in [0.15, 0.2) is 0 Å². The van der Waals surface area contributed by atoms with E-state index in [1.165, 1.54) is 0 Å². The zero-order valence-corrected chi connectivity index (χ0v) is 12.8. The van der Waals surface area contributed by atoms with Gasteiger partial charge in [0, 0.05) is 13.0 Å². The van der Waals surface area contributed by atoms with E-state index in [2.05, 4.69) is 10.3 Å². The lowest BCUT2D eigenvalue weighted by atomic mass is 9.99. The molecule has 2 atom stereocenters. The van der Waals surface area contributed by atoms with E-state index in [-0.39, 0.29) is 18.2 Å². The van der Waals surface area contributed by atoms with Crippen molar-refractivity contribution in [1.82, 2.24) is 14.9 Å². The number of carboxylic acid groups (broad SMARTS) is 1. The van der Waals surface area contributed by atoms with Gasteiger partial charge < -0.3 is 15.0 Å². The van der Waals surface area contributed by atoms with Gasteiger partial charge in [0.1, 0.15) is 6.04 Å². The summed E-state index contributed by atoms with van der Waals surface area (Å²) in [7, 11) is 0. The molecule has 0 spiro atoms. The zero-order valence-electron chi connectivity index (χ0n) is 12.8. The fourth-order valence-electron chi connectivity index (χ4n) is 2.34. The van der Waals surface area contributed by atoms with Gasteiger partial charge in [0.25, 0.3) is 0 Å². The van der Waals surface area contributed by atoms with E-state index in [9.17, 15) is 14.7 Å². The zero-order chi connectivity index (χ0) is 16.1. The number of aliphatic carboxylic acids is 1. The molecule has 1 aromatic heterocycles. The van der Waals surface area contributed by atoms with Crippen LogP contribution in [0.2, 0.25) is 0 Å². The fraction of sp³-hybridized carbons (Fsp3) is 0.438. The topological polar surface area (TPSA) is 84.2 Å². The SMILES string of the molecule is CC[C@H](C)[C@H](NC(=O)CCn1cnc2ccccc21)C(=O)O. The van der Waals surface area contributed by atoms with E-state index in [1.54, 1.807) is 6.33 Å². The summed E-state index contributed by atoms with van der Waals surface area (Å²) in [6, 6.07) is 6.85. The summed E-state index contributed by atoms with van der Waals surface area (Å²) in [6.45, 7) is 4.20. The number of imidazole rings is 1. The lowest BCUT2D eigenvalue weighted by molar-refractivity contribution is -0.143. The number of carboxylic acids is 1. The normalized spacial score (nSPS) is 13.7. The third kappa shape index (κ3) is 3.63. The lowest BCUT2D eigenvalue weighted by Gasteiger charge is -2.20. The Morgan fingerprint density at radius 2 is 2.09 bits per heavy atom. The number of benzene rings is 1. The number of aryl methyl sites for hydroxylation is 1. The summed E-state index contributed by atoms with van der Waals surface area (Å²) < 4.78 is 1.90. The first kappa shape index (κ1) is 16.0. The van der Waals surface area contributed by atoms with Crippen LogP contribution in [0.25, 0.3) is 11.0 Å². The smallest absolute Gasteiger partial charge is 0.326 e. The fourth-order valence-corrected chi connectivity index (χ4v) is 2.34. The van der Waals surface area contributed by atoms with Crippen LogP contribution in [0.5, 0.6) is 0 Å². The molecule has 0 unspecified atom stereocenters. The maximum absolute atomic E-state index is 12.0. The Hall–Kier alpha value is -2.37. The first-order valence-corrected chi connectivity index (χ1v) is 7.45. The third-order valence-electron chi connectivity index (χ3n) is 3.90. The Labute approximate surface area is 129 Å². The minimum absolute atomic E-state index is 0.101. The molecule has 118 valence electrons. The third-order valence-corrected chi connectivity index (χ3v) is 3.90. The molecule has 1 amide bonds. The van der Waals surface area contributed by atoms with Crippen molar-refractivity contribution in [3.05, 3.63) is 30.6 Å². The summed E-state index contributed by atoms with van der Waals surface area (Å²) in [5.74, 6) is -1.35. The number of amides is 1. The summed E-state index contributed by atoms with van der Waals surface area (Å²) in [6.07, 6.45) is 2.62. The highest BCUT2D eigenvalue weighted by Gasteiger charge is 2.25. The van der Waals surface area contributed by atoms with Crippen molar-refractivity contribution < 1.29 is 14.7 Å². The number of fused-ring (bicyclic) bond motifs is 1. The first-order valence-electron chi connectivity index (χ1n) is 7.45. The van der Waals surface area contributed by atoms with Crippen LogP contribution in [0, 0.1) is 5.92 Å². The number of aromatic nitrogens is 2. The van der Waals surface area contributed by atoms with Gasteiger partial charge in [0.05, 0.1) is 17.4 Å². The molecule has 6 nitrogen and oxygen atoms in total. The van der Waals surface area contributed by atoms with E-state index in [0.717, 1.165) is 11.0 Å². The quantitative estimate of drug-likeness (QED) is 0.820. The molecule has 0 aliphatic heterocycles. The standard InChI is InChI=1S/C16H21N3O3/c1-3-11(2)15(16(21)22)18-14(20)8-9-19-10-17-12-6-4-5-7-13(12)19/h4-7,10-11,15H,3,8-9H2,1-2H3,(H,18,20)(H,21,22)/t11-,15-/m0/s1. The molecule has 1 aromatic carbocycles. The monoisotopic (exact) mass is 303 g/mol. The molecule has 0 saturated heterocycles. The molecule has 1 heterocycles. The highest BCUT2D eigenvalue weighted by molar-refractivity contribution is 5.83. The van der Waals surface area contributed by atoms with Crippen molar-refractivity contribution in [3.8, 4) is 0 Å². The number of hydrogen-bond donors (Lipinski definition) is 2. The molecule has 0 aliphatic rings. The Balaban J connectivity index is 1.96. The molecule has 0 saturated carbocycles. The van der Waals surface area contributed by atoms with Gasteiger partial charge in [-0.15, -0.1) is 0 Å². The van der Waals surface area contributed by atoms with Crippen molar-refractivity contribution in [2.45, 2.75) is 39.3 Å². The Morgan fingerprint density at radius 1 is 1.36 bits per heavy atom. The maximum atomic E-state index is 12.0. The van der Waals surface area contributed by atoms with E-state index in [0.29, 0.717) is 13.0 Å². The molecule has 22 heavy (non-hydrogen) atoms. The van der Waals surface area contributed by atoms with Gasteiger partial charge in [-0.1, -0.05) is 32.4 Å². The molecule has 2 N–H and O–H groups in total. The van der Waals surface area contributed by atoms with Crippen LogP contribution in [0.3, 0.4) is 0 Å². The van der Waals surface area contributed by atoms with Crippen LogP contribution >= 0.6 is 0 Å². The van der Waals surface area contributed by atoms with Crippen LogP contribution in [0.15, 0.2) is 30.6 Å². The van der Waals surface area contributed by atoms with Gasteiger partial charge >= 0.3 is 5.97 Å². The van der Waals surface area contributed by atoms with Gasteiger partial charge in [-0.25, -0.2) is 9.78 Å². The summed E-state index contributed by atoms with van der Waals surface area (Å²) in [5.41, 5.74) is 1.85. The minimum Gasteiger partial charge on any atom is -0.480 e. The number of carbonyl (C=O) groups is 2. The number of rotatable bonds is 7. The van der Waals surface area contributed by atoms with Crippen LogP contribution in [-0.4, -0.2) is 32.6 Å². The minimum atomic E-state index is -0.990. The molecule has 0 radical (unpaired) electrons. The second-order valence-electron chi connectivity index (χ2n) is 5.45. The molecular weight excluding hydrogens is 282 g/mol. The predicted octanol–water partition coefficient (Wildman–Crippen LogP) is 2.04. The van der Waals surface area contributed by atoms with Gasteiger partial charge in [-0.05, 0) is 18.1 Å². The average Bonchev–Trinajstić information content (AvgIpc) is 2.93. The number of nitrogens with one attached hydrogen (secondary N) is 1. The Bertz CT molecular complexity index is 665. The summed E-state index contributed by atoms with van der Waals surface area (Å²) >= 11 is 0. The Morgan fingerprint density at radius 3 is 2.77 bits per heavy atom. The lowest BCUT2D eigenvalue weighted by Crippen LogP contribution is -2.45. The van der Waals surface area contributed by atoms with Crippen LogP contribution in [-0.2, 0) is 16.1 Å². The maximum Gasteiger partial charge on any atom is 0.326 e. The second kappa shape index (κ2) is 7.06. The predicted molar refractivity (Wildman–Crippen MR) is 83.4 cm³/mol. The van der Waals surface area contributed by atoms with E-state index >= 15 is 0 Å². The molecule has 0 fully saturated rings. The number of nitrogens with zero attached hydrogens (tertiary/aromatic N) is 2. The second-order valence-corrected chi connectivity index (χ2v) is 5.45. The van der Waals surface area contributed by atoms with E-state index in [4.69, 9.17) is 0 Å². The highest BCUT2D eigenvalue weighted by atomic mass is 16.4. The Kier molecular flexibility index (Phi) is 5.14. The van der Waals surface area contributed by atoms with Crippen molar-refractivity contribution in [2.75, 3.05) is 0 Å². The first-order chi connectivity index (χ1) is 10.5. The number of carbonyl (C=O) groups excluding carboxylic acids is 1. The largest absolute Gasteiger partial charge is 0.480 e. The van der Waals surface area contributed by atoms with Crippen LogP contribution < -0.4 is 5.32 Å². The van der Waals surface area contributed by atoms with Crippen LogP contribution in [0.1, 0.15) is 26.7 Å². The highest BCUT2D eigenvalue weighted by Crippen LogP contribution is 2.12. The molecule has 2 aromatic rings. The van der Waals surface area contributed by atoms with Crippen molar-refractivity contribution in [3.63, 3.8) is 0 Å². The van der Waals surface area contributed by atoms with Gasteiger partial charge in [0.2, 0.25) is 5.91 Å². The van der Waals surface area contributed by atoms with E-state index < -0.39 is 12.0 Å². The number of para-hydroxylation sites is 2. The van der Waals surface area contributed by atoms with Crippen molar-refractivity contribution >= 4 is 22.9 Å². The molecule has 0 aliphatic carbocycles. The van der Waals surface area contributed by atoms with Crippen molar-refractivity contribution in [2.24, 2.45) is 5.92 Å². The summed E-state index contributed by atoms with van der Waals surface area (Å²) in [5, 5.41) is 11.8.